The number of anilines is 1. The second-order valence-electron chi connectivity index (χ2n) is 4.18. The van der Waals surface area contributed by atoms with Crippen molar-refractivity contribution >= 4 is 21.6 Å². The standard InChI is InChI=1S/C15H16BrNO/c1-2-14(11-7-9-12(18)10-8-11)17-15-6-4-3-5-13(15)16/h3-10,14,17-18H,2H2,1H3. The first kappa shape index (κ1) is 13.0. The fourth-order valence-electron chi connectivity index (χ4n) is 1.89. The Bertz CT molecular complexity index is 510. The van der Waals surface area contributed by atoms with Gasteiger partial charge in [-0.3, -0.25) is 0 Å². The van der Waals surface area contributed by atoms with Crippen molar-refractivity contribution in [1.29, 1.82) is 0 Å². The van der Waals surface area contributed by atoms with Gasteiger partial charge in [-0.15, -0.1) is 0 Å². The summed E-state index contributed by atoms with van der Waals surface area (Å²) in [5, 5.41) is 12.8. The van der Waals surface area contributed by atoms with E-state index in [9.17, 15) is 5.11 Å². The number of benzene rings is 2. The van der Waals surface area contributed by atoms with E-state index in [2.05, 4.69) is 28.2 Å². The van der Waals surface area contributed by atoms with Gasteiger partial charge in [-0.25, -0.2) is 0 Å². The van der Waals surface area contributed by atoms with Crippen molar-refractivity contribution in [3.8, 4) is 5.75 Å². The lowest BCUT2D eigenvalue weighted by Crippen LogP contribution is -2.09. The van der Waals surface area contributed by atoms with E-state index < -0.39 is 0 Å². The molecule has 0 saturated carbocycles. The number of rotatable bonds is 4. The number of nitrogens with one attached hydrogen (secondary N) is 1. The molecule has 1 unspecified atom stereocenters. The van der Waals surface area contributed by atoms with E-state index in [1.165, 1.54) is 5.56 Å². The monoisotopic (exact) mass is 305 g/mol. The molecule has 2 aromatic carbocycles. The van der Waals surface area contributed by atoms with Crippen molar-refractivity contribution in [2.75, 3.05) is 5.32 Å². The van der Waals surface area contributed by atoms with Gasteiger partial charge in [0.05, 0.1) is 6.04 Å². The Morgan fingerprint density at radius 2 is 1.78 bits per heavy atom. The number of halogens is 1. The van der Waals surface area contributed by atoms with Crippen molar-refractivity contribution in [2.24, 2.45) is 0 Å². The summed E-state index contributed by atoms with van der Waals surface area (Å²) in [6.07, 6.45) is 0.978. The van der Waals surface area contributed by atoms with Crippen molar-refractivity contribution in [3.63, 3.8) is 0 Å². The molecule has 2 rings (SSSR count). The molecule has 0 spiro atoms. The molecule has 0 aromatic heterocycles. The normalized spacial score (nSPS) is 12.1. The average Bonchev–Trinajstić information content (AvgIpc) is 2.39. The largest absolute Gasteiger partial charge is 0.508 e. The maximum absolute atomic E-state index is 9.32. The van der Waals surface area contributed by atoms with Crippen LogP contribution >= 0.6 is 15.9 Å². The Balaban J connectivity index is 2.20. The fourth-order valence-corrected chi connectivity index (χ4v) is 2.29. The van der Waals surface area contributed by atoms with Gasteiger partial charge in [-0.2, -0.15) is 0 Å². The minimum Gasteiger partial charge on any atom is -0.508 e. The summed E-state index contributed by atoms with van der Waals surface area (Å²) in [7, 11) is 0. The third-order valence-electron chi connectivity index (χ3n) is 2.91. The minimum atomic E-state index is 0.240. The molecular weight excluding hydrogens is 290 g/mol. The molecule has 1 atom stereocenters. The van der Waals surface area contributed by atoms with Crippen LogP contribution in [-0.4, -0.2) is 5.11 Å². The topological polar surface area (TPSA) is 32.3 Å². The zero-order chi connectivity index (χ0) is 13.0. The van der Waals surface area contributed by atoms with E-state index in [1.807, 2.05) is 36.4 Å². The first-order valence-corrected chi connectivity index (χ1v) is 6.80. The van der Waals surface area contributed by atoms with Crippen LogP contribution in [0.3, 0.4) is 0 Å². The molecule has 18 heavy (non-hydrogen) atoms. The van der Waals surface area contributed by atoms with Crippen LogP contribution in [0.25, 0.3) is 0 Å². The van der Waals surface area contributed by atoms with E-state index in [0.29, 0.717) is 5.75 Å². The first-order chi connectivity index (χ1) is 8.70. The van der Waals surface area contributed by atoms with E-state index in [0.717, 1.165) is 16.6 Å². The highest BCUT2D eigenvalue weighted by Crippen LogP contribution is 2.28. The van der Waals surface area contributed by atoms with Crippen LogP contribution in [0.4, 0.5) is 5.69 Å². The molecule has 0 radical (unpaired) electrons. The van der Waals surface area contributed by atoms with Crippen molar-refractivity contribution in [1.82, 2.24) is 0 Å². The molecule has 0 aliphatic carbocycles. The number of para-hydroxylation sites is 1. The van der Waals surface area contributed by atoms with Gasteiger partial charge in [0.1, 0.15) is 5.75 Å². The highest BCUT2D eigenvalue weighted by atomic mass is 79.9. The minimum absolute atomic E-state index is 0.240. The van der Waals surface area contributed by atoms with Crippen LogP contribution < -0.4 is 5.32 Å². The summed E-state index contributed by atoms with van der Waals surface area (Å²) in [6, 6.07) is 15.7. The lowest BCUT2D eigenvalue weighted by molar-refractivity contribution is 0.475. The zero-order valence-electron chi connectivity index (χ0n) is 10.2. The van der Waals surface area contributed by atoms with Gasteiger partial charge in [0, 0.05) is 10.2 Å². The number of aromatic hydroxyl groups is 1. The Hall–Kier alpha value is -1.48. The SMILES string of the molecule is CCC(Nc1ccccc1Br)c1ccc(O)cc1. The van der Waals surface area contributed by atoms with Gasteiger partial charge in [-0.05, 0) is 52.2 Å². The van der Waals surface area contributed by atoms with Crippen molar-refractivity contribution < 1.29 is 5.11 Å². The van der Waals surface area contributed by atoms with E-state index in [1.54, 1.807) is 12.1 Å². The lowest BCUT2D eigenvalue weighted by atomic mass is 10.0. The molecule has 2 N–H and O–H groups in total. The van der Waals surface area contributed by atoms with Crippen LogP contribution in [0.5, 0.6) is 5.75 Å². The van der Waals surface area contributed by atoms with E-state index >= 15 is 0 Å². The van der Waals surface area contributed by atoms with Crippen LogP contribution in [0.2, 0.25) is 0 Å². The van der Waals surface area contributed by atoms with Crippen LogP contribution in [0.15, 0.2) is 53.0 Å². The van der Waals surface area contributed by atoms with Gasteiger partial charge in [0.2, 0.25) is 0 Å². The number of phenols is 1. The average molecular weight is 306 g/mol. The summed E-state index contributed by atoms with van der Waals surface area (Å²) >= 11 is 3.54. The van der Waals surface area contributed by atoms with Crippen molar-refractivity contribution in [3.05, 3.63) is 58.6 Å². The highest BCUT2D eigenvalue weighted by Gasteiger charge is 2.10. The molecule has 0 fully saturated rings. The second kappa shape index (κ2) is 5.91. The molecule has 0 saturated heterocycles. The third kappa shape index (κ3) is 3.05. The van der Waals surface area contributed by atoms with Gasteiger partial charge in [-0.1, -0.05) is 31.2 Å². The fraction of sp³-hybridized carbons (Fsp3) is 0.200. The molecule has 0 aliphatic rings. The molecule has 3 heteroatoms. The predicted molar refractivity (Wildman–Crippen MR) is 78.9 cm³/mol. The van der Waals surface area contributed by atoms with Crippen LogP contribution in [0.1, 0.15) is 24.9 Å². The molecule has 0 heterocycles. The maximum atomic E-state index is 9.32. The molecule has 94 valence electrons. The Kier molecular flexibility index (Phi) is 4.26. The molecule has 0 aliphatic heterocycles. The van der Waals surface area contributed by atoms with Crippen LogP contribution in [0, 0.1) is 0 Å². The van der Waals surface area contributed by atoms with E-state index in [-0.39, 0.29) is 6.04 Å². The Morgan fingerprint density at radius 3 is 2.39 bits per heavy atom. The predicted octanol–water partition coefficient (Wildman–Crippen LogP) is 4.72. The third-order valence-corrected chi connectivity index (χ3v) is 3.60. The Labute approximate surface area is 116 Å². The smallest absolute Gasteiger partial charge is 0.115 e. The van der Waals surface area contributed by atoms with E-state index in [4.69, 9.17) is 0 Å². The zero-order valence-corrected chi connectivity index (χ0v) is 11.8. The summed E-state index contributed by atoms with van der Waals surface area (Å²) in [5.41, 5.74) is 2.25. The van der Waals surface area contributed by atoms with Gasteiger partial charge in [0.15, 0.2) is 0 Å². The highest BCUT2D eigenvalue weighted by molar-refractivity contribution is 9.10. The summed E-state index contributed by atoms with van der Waals surface area (Å²) in [6.45, 7) is 2.14. The molecule has 2 nitrogen and oxygen atoms in total. The number of phenolic OH excluding ortho intramolecular Hbond substituents is 1. The van der Waals surface area contributed by atoms with Gasteiger partial charge >= 0.3 is 0 Å². The molecule has 2 aromatic rings. The summed E-state index contributed by atoms with van der Waals surface area (Å²) < 4.78 is 1.06. The summed E-state index contributed by atoms with van der Waals surface area (Å²) in [4.78, 5) is 0. The Morgan fingerprint density at radius 1 is 1.11 bits per heavy atom. The quantitative estimate of drug-likeness (QED) is 0.857. The van der Waals surface area contributed by atoms with Crippen molar-refractivity contribution in [2.45, 2.75) is 19.4 Å². The second-order valence-corrected chi connectivity index (χ2v) is 5.03. The molecule has 0 amide bonds. The van der Waals surface area contributed by atoms with Gasteiger partial charge in [0.25, 0.3) is 0 Å². The number of hydrogen-bond donors (Lipinski definition) is 2. The molecule has 0 bridgehead atoms. The lowest BCUT2D eigenvalue weighted by Gasteiger charge is -2.19. The van der Waals surface area contributed by atoms with Gasteiger partial charge < -0.3 is 10.4 Å². The number of hydrogen-bond acceptors (Lipinski definition) is 2. The maximum Gasteiger partial charge on any atom is 0.115 e. The molecular formula is C15H16BrNO. The first-order valence-electron chi connectivity index (χ1n) is 6.00. The summed E-state index contributed by atoms with van der Waals surface area (Å²) in [5.74, 6) is 0.300. The van der Waals surface area contributed by atoms with Crippen LogP contribution in [-0.2, 0) is 0 Å².